The molecule has 4 heterocycles. The van der Waals surface area contributed by atoms with E-state index in [0.29, 0.717) is 57.3 Å². The number of guanidine groups is 2. The number of hydrogen-bond donors (Lipinski definition) is 26. The Morgan fingerprint density at radius 1 is 0.549 bits per heavy atom. The third-order valence-electron chi connectivity index (χ3n) is 21.7. The minimum Gasteiger partial charge on any atom is -0.480 e. The van der Waals surface area contributed by atoms with Gasteiger partial charge in [0.05, 0.1) is 35.6 Å². The van der Waals surface area contributed by atoms with Crippen LogP contribution in [0.1, 0.15) is 157 Å². The van der Waals surface area contributed by atoms with Crippen molar-refractivity contribution >= 4 is 134 Å². The molecule has 1 unspecified atom stereocenters. The fourth-order valence-electron chi connectivity index (χ4n) is 14.3. The lowest BCUT2D eigenvalue weighted by molar-refractivity contribution is -0.143. The van der Waals surface area contributed by atoms with E-state index >= 15 is 0 Å². The number of rotatable bonds is 53. The molecule has 32 N–H and O–H groups in total. The number of primary amides is 2. The summed E-state index contributed by atoms with van der Waals surface area (Å²) in [6, 6.07) is 3.05. The third kappa shape index (κ3) is 31.5. The average Bonchev–Trinajstić information content (AvgIpc) is 1.53. The van der Waals surface area contributed by atoms with Gasteiger partial charge in [0.25, 0.3) is 11.8 Å². The van der Waals surface area contributed by atoms with E-state index in [1.54, 1.807) is 12.1 Å². The minimum atomic E-state index is -1.92. The number of carbonyl (C=O) groups is 15. The summed E-state index contributed by atoms with van der Waals surface area (Å²) < 4.78 is 15.5. The molecule has 3 aliphatic rings. The Balaban J connectivity index is 0.943. The van der Waals surface area contributed by atoms with Crippen molar-refractivity contribution in [1.82, 2.24) is 88.2 Å². The first-order valence-corrected chi connectivity index (χ1v) is 43.3. The van der Waals surface area contributed by atoms with Gasteiger partial charge in [0.2, 0.25) is 70.3 Å². The van der Waals surface area contributed by atoms with Gasteiger partial charge in [-0.25, -0.2) is 24.1 Å². The summed E-state index contributed by atoms with van der Waals surface area (Å²) in [5.74, 6) is -15.1. The number of unbranched alkanes of at least 4 members (excludes halogenated alkanes) is 4. The SMILES string of the molecule is CC(O)[C@H](NC(=O)[C@H](CCC(N)=O)NC(=O)[C@H](CCCNC(=N)N)NC(=O)[C@H](CCCCNC(=O)C[C@@H](NC(=O)CCCCCNC(=O)[C@H]1O[C@@H](n2ccc3c(N)ncnc32)[C@H](O)[C@@H]1O)C(=O)O)NC(=O)[C@H](CCCNC(=N)N)NC(=O)[C@H](C)N)C(=O)N[C@@H](C)C(=O)N[C@H](CCCCNC(=O)c1ccc(-c2c3ccc(=[N+](C)C)cc-3oc3cc(N(C)C)ccc23)c(C(=O)O)c1)C(N)=O. The normalized spacial score (nSPS) is 16.2. The molecule has 14 atom stereocenters. The summed E-state index contributed by atoms with van der Waals surface area (Å²) in [4.78, 5) is 212. The number of aliphatic carboxylic acids is 1. The Morgan fingerprint density at radius 2 is 1.11 bits per heavy atom. The molecule has 0 bridgehead atoms. The maximum absolute atomic E-state index is 14.7. The maximum atomic E-state index is 14.7. The van der Waals surface area contributed by atoms with Crippen molar-refractivity contribution < 1.29 is 107 Å². The van der Waals surface area contributed by atoms with Crippen molar-refractivity contribution in [3.63, 3.8) is 0 Å². The number of nitrogens with two attached hydrogens (primary N) is 6. The van der Waals surface area contributed by atoms with E-state index in [4.69, 9.17) is 54.4 Å². The summed E-state index contributed by atoms with van der Waals surface area (Å²) in [5, 5.41) is 103. The number of ether oxygens (including phenoxy) is 1. The van der Waals surface area contributed by atoms with E-state index in [-0.39, 0.29) is 127 Å². The second-order valence-corrected chi connectivity index (χ2v) is 32.6. The number of aromatic nitrogens is 3. The number of hydrogen-bond acceptors (Lipinski definition) is 27. The molecular weight excluding hydrogens is 1740 g/mol. The van der Waals surface area contributed by atoms with Gasteiger partial charge in [0.15, 0.2) is 24.3 Å². The highest BCUT2D eigenvalue weighted by molar-refractivity contribution is 6.10. The van der Waals surface area contributed by atoms with Gasteiger partial charge >= 0.3 is 11.9 Å². The minimum absolute atomic E-state index is 0.0175. The van der Waals surface area contributed by atoms with Gasteiger partial charge in [-0.1, -0.05) is 12.5 Å². The molecule has 724 valence electrons. The number of anilines is 2. The highest BCUT2D eigenvalue weighted by atomic mass is 16.6. The van der Waals surface area contributed by atoms with Crippen LogP contribution in [0.2, 0.25) is 0 Å². The Bertz CT molecular complexity index is 5250. The van der Waals surface area contributed by atoms with Gasteiger partial charge in [-0.2, -0.15) is 0 Å². The van der Waals surface area contributed by atoms with Gasteiger partial charge in [0, 0.05) is 106 Å². The number of carboxylic acids is 2. The molecule has 2 aromatic carbocycles. The lowest BCUT2D eigenvalue weighted by atomic mass is 9.89. The van der Waals surface area contributed by atoms with Crippen molar-refractivity contribution in [3.8, 4) is 22.5 Å². The molecular formula is C85H123N26O22+. The summed E-state index contributed by atoms with van der Waals surface area (Å²) in [7, 11) is 7.51. The molecule has 4 aromatic rings. The van der Waals surface area contributed by atoms with Crippen molar-refractivity contribution in [2.45, 2.75) is 215 Å². The monoisotopic (exact) mass is 1860 g/mol. The van der Waals surface area contributed by atoms with Crippen LogP contribution in [0, 0.1) is 10.8 Å². The molecule has 2 aliphatic heterocycles. The number of carbonyl (C=O) groups excluding carboxylic acids is 13. The van der Waals surface area contributed by atoms with E-state index < -0.39 is 205 Å². The maximum Gasteiger partial charge on any atom is 0.336 e. The molecule has 1 saturated heterocycles. The van der Waals surface area contributed by atoms with Crippen LogP contribution in [0.5, 0.6) is 0 Å². The molecule has 7 rings (SSSR count). The molecule has 2 aromatic heterocycles. The first-order valence-electron chi connectivity index (χ1n) is 43.3. The number of fused-ring (bicyclic) bond motifs is 3. The molecule has 133 heavy (non-hydrogen) atoms. The van der Waals surface area contributed by atoms with Gasteiger partial charge < -0.3 is 148 Å². The Kier molecular flexibility index (Phi) is 40.4. The standard InChI is InChI=1S/C85H122N26O22/c1-42(86)72(119)104-55(19-15-34-97-84(90)91)76(123)105-54(18-11-13-31-94-63(115)40-58(83(130)131)102-62(114)21-9-8-12-32-96-80(127)68-66(116)67(117)81(133-68)111-36-30-51-69(88)99-41-100-71(51)111)75(122)106-56(20-16-35-98-85(92)93)77(124)107-57(28-29-61(87)113)78(125)108-65(44(3)112)79(126)101-43(2)73(120)103-53(70(89)118)17-10-14-33-95-74(121)45-22-25-48(52(37-45)82(128)129)64-49-26-23-46(109(4)5)38-59(49)132-60-39-47(110(6)7)24-27-50(60)64/h22-27,30,36-39,41-44,53-58,65-68,81,112,116-117H,8-21,28-29,31-35,40,86H2,1-7H3,(H26-,87,88,89,90,91,92,93,94,95,96,97,98,99,100,101,102,103,104,105,106,107,108,113,114,115,118,119,120,121,122,123,124,125,126,127,128,129,130,131)/p+1/t42-,43-,44?,53+,54-,55-,56-,57-,58+,65-,66-,67+,68-,81+/m0/s1. The lowest BCUT2D eigenvalue weighted by Crippen LogP contribution is -2.61. The third-order valence-corrected chi connectivity index (χ3v) is 21.7. The number of benzene rings is 3. The number of aliphatic hydroxyl groups is 3. The number of aliphatic hydroxyl groups excluding tert-OH is 3. The van der Waals surface area contributed by atoms with Crippen molar-refractivity contribution in [2.75, 3.05) is 71.5 Å². The molecule has 1 fully saturated rings. The van der Waals surface area contributed by atoms with E-state index in [0.717, 1.165) is 18.0 Å². The first kappa shape index (κ1) is 106. The summed E-state index contributed by atoms with van der Waals surface area (Å²) in [5.41, 5.74) is 37.0. The topological polar surface area (TPSA) is 777 Å². The Morgan fingerprint density at radius 3 is 1.68 bits per heavy atom. The molecule has 48 heteroatoms. The molecule has 0 radical (unpaired) electrons. The van der Waals surface area contributed by atoms with Crippen molar-refractivity contribution in [1.29, 1.82) is 10.8 Å². The Labute approximate surface area is 763 Å². The Hall–Kier alpha value is -14.3. The van der Waals surface area contributed by atoms with Crippen LogP contribution in [0.3, 0.4) is 0 Å². The van der Waals surface area contributed by atoms with Gasteiger partial charge in [0.1, 0.15) is 104 Å². The fourth-order valence-corrected chi connectivity index (χ4v) is 14.3. The summed E-state index contributed by atoms with van der Waals surface area (Å²) >= 11 is 0. The van der Waals surface area contributed by atoms with Crippen LogP contribution in [0.15, 0.2) is 77.6 Å². The number of nitrogens with zero attached hydrogens (tertiary/aromatic N) is 5. The van der Waals surface area contributed by atoms with Crippen LogP contribution in [0.25, 0.3) is 44.5 Å². The van der Waals surface area contributed by atoms with Crippen LogP contribution >= 0.6 is 0 Å². The van der Waals surface area contributed by atoms with E-state index in [1.165, 1.54) is 43.1 Å². The van der Waals surface area contributed by atoms with E-state index in [9.17, 15) is 97.5 Å². The van der Waals surface area contributed by atoms with Crippen molar-refractivity contribution in [3.05, 3.63) is 89.7 Å². The fraction of sp³-hybridized carbons (Fsp3) is 0.506. The number of aromatic carboxylic acids is 1. The average molecular weight is 1860 g/mol. The summed E-state index contributed by atoms with van der Waals surface area (Å²) in [6.45, 7) is 3.54. The van der Waals surface area contributed by atoms with Crippen LogP contribution in [-0.2, 0) is 67.1 Å². The largest absolute Gasteiger partial charge is 0.480 e. The van der Waals surface area contributed by atoms with Gasteiger partial charge in [-0.05, 0) is 146 Å². The predicted octanol–water partition coefficient (Wildman–Crippen LogP) is -5.11. The zero-order valence-corrected chi connectivity index (χ0v) is 74.9. The highest BCUT2D eigenvalue weighted by Crippen LogP contribution is 2.43. The number of nitrogens with one attached hydrogen (secondary N) is 15. The molecule has 1 aliphatic carbocycles. The van der Waals surface area contributed by atoms with Crippen LogP contribution in [-0.4, -0.2) is 280 Å². The van der Waals surface area contributed by atoms with E-state index in [2.05, 4.69) is 79.1 Å². The number of carboxylic acid groups (broad SMARTS) is 2. The van der Waals surface area contributed by atoms with Gasteiger partial charge in [-0.15, -0.1) is 0 Å². The zero-order valence-electron chi connectivity index (χ0n) is 74.9. The van der Waals surface area contributed by atoms with E-state index in [1.807, 2.05) is 74.1 Å². The molecule has 13 amide bonds. The van der Waals surface area contributed by atoms with Crippen LogP contribution in [0.4, 0.5) is 11.5 Å². The van der Waals surface area contributed by atoms with Crippen LogP contribution < -0.4 is 118 Å². The molecule has 0 spiro atoms. The second-order valence-electron chi connectivity index (χ2n) is 32.6. The van der Waals surface area contributed by atoms with Gasteiger partial charge in [-0.3, -0.25) is 73.1 Å². The second kappa shape index (κ2) is 50.8. The number of nitrogen functional groups attached to an aromatic ring is 1. The zero-order chi connectivity index (χ0) is 98.2. The highest BCUT2D eigenvalue weighted by Gasteiger charge is 2.48. The molecule has 48 nitrogen and oxygen atoms in total. The smallest absolute Gasteiger partial charge is 0.336 e. The summed E-state index contributed by atoms with van der Waals surface area (Å²) in [6.07, 6.45) is -6.24. The van der Waals surface area contributed by atoms with Crippen molar-refractivity contribution in [2.24, 2.45) is 28.7 Å². The quantitative estimate of drug-likeness (QED) is 0.00558. The lowest BCUT2D eigenvalue weighted by Gasteiger charge is -2.28. The first-order chi connectivity index (χ1) is 63.0. The molecule has 0 saturated carbocycles. The number of amides is 13. The predicted molar refractivity (Wildman–Crippen MR) is 484 cm³/mol.